The summed E-state index contributed by atoms with van der Waals surface area (Å²) in [5.41, 5.74) is 0.186. The number of hydrogen-bond acceptors (Lipinski definition) is 7. The molecule has 1 aliphatic rings. The van der Waals surface area contributed by atoms with Gasteiger partial charge in [0.1, 0.15) is 23.0 Å². The van der Waals surface area contributed by atoms with E-state index in [9.17, 15) is 28.9 Å². The Hall–Kier alpha value is -3.47. The van der Waals surface area contributed by atoms with Gasteiger partial charge < -0.3 is 9.73 Å². The lowest BCUT2D eigenvalue weighted by atomic mass is 10.3. The van der Waals surface area contributed by atoms with Crippen LogP contribution in [0, 0.1) is 15.9 Å². The van der Waals surface area contributed by atoms with E-state index in [1.165, 1.54) is 30.3 Å². The molecular formula is C16H10FN3O6S. The molecule has 9 nitrogen and oxygen atoms in total. The van der Waals surface area contributed by atoms with Crippen molar-refractivity contribution in [3.8, 4) is 0 Å². The van der Waals surface area contributed by atoms with Gasteiger partial charge in [0.05, 0.1) is 11.0 Å². The highest BCUT2D eigenvalue weighted by molar-refractivity contribution is 8.18. The lowest BCUT2D eigenvalue weighted by molar-refractivity contribution is -0.402. The number of nitrogens with one attached hydrogen (secondary N) is 1. The third-order valence-electron chi connectivity index (χ3n) is 3.35. The van der Waals surface area contributed by atoms with E-state index in [0.29, 0.717) is 16.7 Å². The zero-order chi connectivity index (χ0) is 19.6. The molecule has 0 aliphatic carbocycles. The Kier molecular flexibility index (Phi) is 5.03. The summed E-state index contributed by atoms with van der Waals surface area (Å²) < 4.78 is 18.0. The lowest BCUT2D eigenvalue weighted by Crippen LogP contribution is -2.36. The normalized spacial score (nSPS) is 15.4. The number of furan rings is 1. The number of halogens is 1. The molecule has 0 atom stereocenters. The quantitative estimate of drug-likeness (QED) is 0.472. The van der Waals surface area contributed by atoms with Gasteiger partial charge in [-0.15, -0.1) is 0 Å². The Morgan fingerprint density at radius 1 is 1.33 bits per heavy atom. The molecule has 0 radical (unpaired) electrons. The van der Waals surface area contributed by atoms with E-state index in [-0.39, 0.29) is 16.4 Å². The maximum atomic E-state index is 13.1. The molecule has 3 rings (SSSR count). The van der Waals surface area contributed by atoms with E-state index >= 15 is 0 Å². The minimum atomic E-state index is -0.738. The molecule has 3 amide bonds. The molecule has 0 saturated carbocycles. The standard InChI is InChI=1S/C16H10FN3O6S/c17-9-2-1-3-10(6-9)18-13(21)8-19-15(22)12(27-16(19)23)7-11-4-5-14(26-11)20(24)25/h1-7H,8H2,(H,18,21)/b12-7+. The molecule has 1 aliphatic heterocycles. The number of anilines is 1. The van der Waals surface area contributed by atoms with E-state index in [2.05, 4.69) is 5.32 Å². The number of benzene rings is 1. The van der Waals surface area contributed by atoms with Crippen molar-refractivity contribution in [3.63, 3.8) is 0 Å². The first-order chi connectivity index (χ1) is 12.8. The number of nitro groups is 1. The molecule has 0 unspecified atom stereocenters. The molecule has 1 fully saturated rings. The van der Waals surface area contributed by atoms with Gasteiger partial charge in [0, 0.05) is 11.8 Å². The topological polar surface area (TPSA) is 123 Å². The van der Waals surface area contributed by atoms with Gasteiger partial charge in [-0.05, 0) is 36.0 Å². The number of nitrogens with zero attached hydrogens (tertiary/aromatic N) is 2. The van der Waals surface area contributed by atoms with Gasteiger partial charge in [-0.2, -0.15) is 0 Å². The van der Waals surface area contributed by atoms with Crippen LogP contribution in [0.15, 0.2) is 45.7 Å². The van der Waals surface area contributed by atoms with Gasteiger partial charge in [-0.1, -0.05) is 6.07 Å². The van der Waals surface area contributed by atoms with Crippen LogP contribution in [0.5, 0.6) is 0 Å². The number of carbonyl (C=O) groups excluding carboxylic acids is 3. The Balaban J connectivity index is 1.69. The number of rotatable bonds is 5. The summed E-state index contributed by atoms with van der Waals surface area (Å²) >= 11 is 0.574. The second kappa shape index (κ2) is 7.41. The fourth-order valence-electron chi connectivity index (χ4n) is 2.19. The van der Waals surface area contributed by atoms with Crippen molar-refractivity contribution in [2.75, 3.05) is 11.9 Å². The predicted molar refractivity (Wildman–Crippen MR) is 93.1 cm³/mol. The molecule has 2 aromatic rings. The molecule has 0 bridgehead atoms. The van der Waals surface area contributed by atoms with Crippen LogP contribution in [0.4, 0.5) is 20.8 Å². The van der Waals surface area contributed by atoms with Crippen molar-refractivity contribution in [2.45, 2.75) is 0 Å². The molecular weight excluding hydrogens is 381 g/mol. The Labute approximate surface area is 155 Å². The Bertz CT molecular complexity index is 986. The second-order valence-electron chi connectivity index (χ2n) is 5.26. The Morgan fingerprint density at radius 2 is 2.11 bits per heavy atom. The first-order valence-corrected chi connectivity index (χ1v) is 8.20. The summed E-state index contributed by atoms with van der Waals surface area (Å²) in [5.74, 6) is -2.45. The smallest absolute Gasteiger partial charge is 0.401 e. The van der Waals surface area contributed by atoms with E-state index in [0.717, 1.165) is 12.1 Å². The number of imide groups is 1. The number of carbonyl (C=O) groups is 3. The minimum absolute atomic E-state index is 0.0245. The van der Waals surface area contributed by atoms with Crippen LogP contribution in [-0.4, -0.2) is 33.4 Å². The molecule has 1 aromatic heterocycles. The van der Waals surface area contributed by atoms with Crippen molar-refractivity contribution < 1.29 is 28.1 Å². The van der Waals surface area contributed by atoms with E-state index in [1.807, 2.05) is 0 Å². The Morgan fingerprint density at radius 3 is 2.78 bits per heavy atom. The van der Waals surface area contributed by atoms with Crippen LogP contribution < -0.4 is 5.32 Å². The summed E-state index contributed by atoms with van der Waals surface area (Å²) in [6.07, 6.45) is 1.18. The highest BCUT2D eigenvalue weighted by Crippen LogP contribution is 2.32. The predicted octanol–water partition coefficient (Wildman–Crippen LogP) is 3.00. The van der Waals surface area contributed by atoms with Gasteiger partial charge in [0.2, 0.25) is 5.91 Å². The maximum Gasteiger partial charge on any atom is 0.433 e. The average Bonchev–Trinajstić information content (AvgIpc) is 3.16. The monoisotopic (exact) mass is 391 g/mol. The molecule has 138 valence electrons. The summed E-state index contributed by atoms with van der Waals surface area (Å²) in [6, 6.07) is 7.55. The second-order valence-corrected chi connectivity index (χ2v) is 6.25. The van der Waals surface area contributed by atoms with E-state index in [4.69, 9.17) is 4.42 Å². The highest BCUT2D eigenvalue weighted by atomic mass is 32.2. The zero-order valence-electron chi connectivity index (χ0n) is 13.4. The first-order valence-electron chi connectivity index (χ1n) is 7.38. The van der Waals surface area contributed by atoms with E-state index < -0.39 is 40.2 Å². The number of thioether (sulfide) groups is 1. The van der Waals surface area contributed by atoms with Crippen LogP contribution in [0.2, 0.25) is 0 Å². The molecule has 1 saturated heterocycles. The summed E-state index contributed by atoms with van der Waals surface area (Å²) in [6.45, 7) is -0.559. The third kappa shape index (κ3) is 4.20. The molecule has 27 heavy (non-hydrogen) atoms. The first kappa shape index (κ1) is 18.3. The molecule has 1 N–H and O–H groups in total. The van der Waals surface area contributed by atoms with Crippen molar-refractivity contribution in [1.82, 2.24) is 4.90 Å². The van der Waals surface area contributed by atoms with E-state index in [1.54, 1.807) is 0 Å². The van der Waals surface area contributed by atoms with Crippen molar-refractivity contribution >= 4 is 46.5 Å². The zero-order valence-corrected chi connectivity index (χ0v) is 14.2. The SMILES string of the molecule is O=C(CN1C(=O)S/C(=C/c2ccc([N+](=O)[O-])o2)C1=O)Nc1cccc(F)c1. The van der Waals surface area contributed by atoms with Gasteiger partial charge in [0.25, 0.3) is 11.1 Å². The van der Waals surface area contributed by atoms with Crippen LogP contribution in [0.1, 0.15) is 5.76 Å². The minimum Gasteiger partial charge on any atom is -0.401 e. The lowest BCUT2D eigenvalue weighted by Gasteiger charge is -2.12. The summed E-state index contributed by atoms with van der Waals surface area (Å²) in [7, 11) is 0. The number of amides is 3. The van der Waals surface area contributed by atoms with Crippen molar-refractivity contribution in [2.24, 2.45) is 0 Å². The molecule has 11 heteroatoms. The average molecular weight is 391 g/mol. The van der Waals surface area contributed by atoms with Gasteiger partial charge >= 0.3 is 5.88 Å². The molecule has 2 heterocycles. The van der Waals surface area contributed by atoms with Gasteiger partial charge in [-0.25, -0.2) is 4.39 Å². The van der Waals surface area contributed by atoms with Crippen LogP contribution in [0.3, 0.4) is 0 Å². The summed E-state index contributed by atoms with van der Waals surface area (Å²) in [5, 5.41) is 12.3. The molecule has 0 spiro atoms. The van der Waals surface area contributed by atoms with Crippen LogP contribution in [-0.2, 0) is 9.59 Å². The highest BCUT2D eigenvalue weighted by Gasteiger charge is 2.36. The fraction of sp³-hybridized carbons (Fsp3) is 0.0625. The number of hydrogen-bond donors (Lipinski definition) is 1. The van der Waals surface area contributed by atoms with Crippen molar-refractivity contribution in [3.05, 3.63) is 63.0 Å². The maximum absolute atomic E-state index is 13.1. The largest absolute Gasteiger partial charge is 0.433 e. The molecule has 1 aromatic carbocycles. The van der Waals surface area contributed by atoms with Gasteiger partial charge in [0.15, 0.2) is 0 Å². The van der Waals surface area contributed by atoms with Gasteiger partial charge in [-0.3, -0.25) is 29.4 Å². The van der Waals surface area contributed by atoms with Crippen LogP contribution >= 0.6 is 11.8 Å². The van der Waals surface area contributed by atoms with Crippen molar-refractivity contribution in [1.29, 1.82) is 0 Å². The third-order valence-corrected chi connectivity index (χ3v) is 4.26. The summed E-state index contributed by atoms with van der Waals surface area (Å²) in [4.78, 5) is 46.8. The fourth-order valence-corrected chi connectivity index (χ4v) is 3.01. The van der Waals surface area contributed by atoms with Crippen LogP contribution in [0.25, 0.3) is 6.08 Å².